The smallest absolute Gasteiger partial charge is 0.273 e. The molecule has 2 amide bonds. The lowest BCUT2D eigenvalue weighted by molar-refractivity contribution is -0.125. The van der Waals surface area contributed by atoms with Crippen molar-refractivity contribution in [2.45, 2.75) is 45.4 Å². The molecule has 0 unspecified atom stereocenters. The highest BCUT2D eigenvalue weighted by Crippen LogP contribution is 2.21. The fourth-order valence-corrected chi connectivity index (χ4v) is 4.03. The number of pyridine rings is 1. The number of ether oxygens (including phenoxy) is 1. The predicted molar refractivity (Wildman–Crippen MR) is 123 cm³/mol. The summed E-state index contributed by atoms with van der Waals surface area (Å²) >= 11 is 0. The molecule has 2 aromatic heterocycles. The second kappa shape index (κ2) is 10.3. The van der Waals surface area contributed by atoms with Crippen LogP contribution in [0.2, 0.25) is 0 Å². The summed E-state index contributed by atoms with van der Waals surface area (Å²) in [5, 5.41) is 7.26. The Hall–Kier alpha value is -3.68. The minimum Gasteiger partial charge on any atom is -0.487 e. The molecule has 172 valence electrons. The number of aromatic nitrogens is 3. The summed E-state index contributed by atoms with van der Waals surface area (Å²) in [5.41, 5.74) is 3.01. The number of carbonyl (C=O) groups is 2. The quantitative estimate of drug-likeness (QED) is 0.601. The maximum absolute atomic E-state index is 13.5. The van der Waals surface area contributed by atoms with Gasteiger partial charge in [0.25, 0.3) is 5.91 Å². The van der Waals surface area contributed by atoms with E-state index in [4.69, 9.17) is 4.74 Å². The van der Waals surface area contributed by atoms with Gasteiger partial charge in [0.1, 0.15) is 24.1 Å². The molecule has 0 spiro atoms. The van der Waals surface area contributed by atoms with Crippen LogP contribution in [0, 0.1) is 6.92 Å². The molecule has 1 N–H and O–H groups in total. The summed E-state index contributed by atoms with van der Waals surface area (Å²) in [6.07, 6.45) is 4.18. The Balaban J connectivity index is 1.52. The van der Waals surface area contributed by atoms with Crippen molar-refractivity contribution in [3.8, 4) is 5.75 Å². The van der Waals surface area contributed by atoms with Gasteiger partial charge in [-0.15, -0.1) is 0 Å². The molecular formula is C25H29N5O3. The highest BCUT2D eigenvalue weighted by atomic mass is 16.5. The molecule has 1 atom stereocenters. The van der Waals surface area contributed by atoms with Crippen LogP contribution in [0.3, 0.4) is 0 Å². The van der Waals surface area contributed by atoms with Gasteiger partial charge in [-0.2, -0.15) is 5.10 Å². The zero-order chi connectivity index (χ0) is 23.2. The Bertz CT molecular complexity index is 1090. The van der Waals surface area contributed by atoms with Gasteiger partial charge < -0.3 is 15.0 Å². The zero-order valence-corrected chi connectivity index (χ0v) is 19.0. The number of nitrogens with one attached hydrogen (secondary N) is 1. The number of nitrogens with zero attached hydrogens (tertiary/aromatic N) is 4. The SMILES string of the molecule is Cc1cc(C(=O)N(Cc2ccc(OCc3ccccn3)cc2)[C@H]2CCCCNC2=O)n(C)n1. The van der Waals surface area contributed by atoms with Crippen molar-refractivity contribution < 1.29 is 14.3 Å². The van der Waals surface area contributed by atoms with Crippen LogP contribution in [0.25, 0.3) is 0 Å². The van der Waals surface area contributed by atoms with E-state index in [1.165, 1.54) is 0 Å². The van der Waals surface area contributed by atoms with E-state index >= 15 is 0 Å². The molecule has 8 heteroatoms. The topological polar surface area (TPSA) is 89.4 Å². The number of carbonyl (C=O) groups excluding carboxylic acids is 2. The summed E-state index contributed by atoms with van der Waals surface area (Å²) in [4.78, 5) is 32.2. The Morgan fingerprint density at radius 2 is 2.03 bits per heavy atom. The third-order valence-electron chi connectivity index (χ3n) is 5.75. The van der Waals surface area contributed by atoms with Crippen LogP contribution in [0.5, 0.6) is 5.75 Å². The van der Waals surface area contributed by atoms with Crippen LogP contribution >= 0.6 is 0 Å². The molecule has 3 aromatic rings. The first-order chi connectivity index (χ1) is 16.0. The molecule has 1 fully saturated rings. The highest BCUT2D eigenvalue weighted by Gasteiger charge is 2.32. The summed E-state index contributed by atoms with van der Waals surface area (Å²) in [5.74, 6) is 0.419. The number of rotatable bonds is 7. The van der Waals surface area contributed by atoms with Crippen LogP contribution in [0.1, 0.15) is 46.7 Å². The molecule has 0 saturated carbocycles. The molecular weight excluding hydrogens is 418 g/mol. The molecule has 0 bridgehead atoms. The van der Waals surface area contributed by atoms with Crippen molar-refractivity contribution >= 4 is 11.8 Å². The maximum atomic E-state index is 13.5. The molecule has 8 nitrogen and oxygen atoms in total. The number of amides is 2. The van der Waals surface area contributed by atoms with E-state index in [1.807, 2.05) is 49.4 Å². The predicted octanol–water partition coefficient (Wildman–Crippen LogP) is 3.01. The minimum absolute atomic E-state index is 0.102. The van der Waals surface area contributed by atoms with Gasteiger partial charge in [0.2, 0.25) is 5.91 Å². The van der Waals surface area contributed by atoms with Crippen LogP contribution in [-0.4, -0.2) is 44.1 Å². The van der Waals surface area contributed by atoms with Crippen LogP contribution in [0.15, 0.2) is 54.7 Å². The summed E-state index contributed by atoms with van der Waals surface area (Å²) in [7, 11) is 1.75. The van der Waals surface area contributed by atoms with E-state index in [-0.39, 0.29) is 11.8 Å². The van der Waals surface area contributed by atoms with Gasteiger partial charge in [0.05, 0.1) is 11.4 Å². The van der Waals surface area contributed by atoms with Crippen LogP contribution < -0.4 is 10.1 Å². The van der Waals surface area contributed by atoms with Gasteiger partial charge in [0, 0.05) is 26.3 Å². The van der Waals surface area contributed by atoms with Crippen molar-refractivity contribution in [1.29, 1.82) is 0 Å². The van der Waals surface area contributed by atoms with Crippen molar-refractivity contribution in [3.05, 3.63) is 77.4 Å². The molecule has 0 aliphatic carbocycles. The minimum atomic E-state index is -0.518. The maximum Gasteiger partial charge on any atom is 0.273 e. The second-order valence-corrected chi connectivity index (χ2v) is 8.28. The molecule has 1 aliphatic heterocycles. The first-order valence-corrected chi connectivity index (χ1v) is 11.2. The first-order valence-electron chi connectivity index (χ1n) is 11.2. The van der Waals surface area contributed by atoms with Gasteiger partial charge in [-0.25, -0.2) is 0 Å². The molecule has 1 saturated heterocycles. The largest absolute Gasteiger partial charge is 0.487 e. The number of hydrogen-bond acceptors (Lipinski definition) is 5. The monoisotopic (exact) mass is 447 g/mol. The highest BCUT2D eigenvalue weighted by molar-refractivity contribution is 5.96. The number of benzene rings is 1. The molecule has 3 heterocycles. The van der Waals surface area contributed by atoms with Gasteiger partial charge in [-0.3, -0.25) is 19.3 Å². The van der Waals surface area contributed by atoms with Crippen LogP contribution in [0.4, 0.5) is 0 Å². The van der Waals surface area contributed by atoms with Crippen molar-refractivity contribution in [3.63, 3.8) is 0 Å². The van der Waals surface area contributed by atoms with Crippen molar-refractivity contribution in [2.24, 2.45) is 7.05 Å². The average molecular weight is 448 g/mol. The molecule has 0 radical (unpaired) electrons. The average Bonchev–Trinajstić information content (AvgIpc) is 3.02. The Morgan fingerprint density at radius 1 is 1.21 bits per heavy atom. The lowest BCUT2D eigenvalue weighted by Gasteiger charge is -2.30. The van der Waals surface area contributed by atoms with E-state index in [0.717, 1.165) is 35.5 Å². The van der Waals surface area contributed by atoms with Gasteiger partial charge >= 0.3 is 0 Å². The lowest BCUT2D eigenvalue weighted by atomic mass is 10.1. The molecule has 4 rings (SSSR count). The standard InChI is InChI=1S/C25H29N5O3/c1-18-15-23(29(2)28-18)25(32)30(22-8-4-6-14-27-24(22)31)16-19-9-11-21(12-10-19)33-17-20-7-3-5-13-26-20/h3,5,7,9-13,15,22H,4,6,8,14,16-17H2,1-2H3,(H,27,31)/t22-/m0/s1. The van der Waals surface area contributed by atoms with E-state index in [1.54, 1.807) is 28.9 Å². The Kier molecular flexibility index (Phi) is 7.02. The van der Waals surface area contributed by atoms with Gasteiger partial charge in [-0.1, -0.05) is 18.2 Å². The van der Waals surface area contributed by atoms with E-state index in [2.05, 4.69) is 15.4 Å². The van der Waals surface area contributed by atoms with E-state index < -0.39 is 6.04 Å². The lowest BCUT2D eigenvalue weighted by Crippen LogP contribution is -2.48. The first kappa shape index (κ1) is 22.5. The Morgan fingerprint density at radius 3 is 2.73 bits per heavy atom. The van der Waals surface area contributed by atoms with Crippen molar-refractivity contribution in [1.82, 2.24) is 25.0 Å². The van der Waals surface area contributed by atoms with Gasteiger partial charge in [0.15, 0.2) is 0 Å². The summed E-state index contributed by atoms with van der Waals surface area (Å²) in [6, 6.07) is 14.6. The van der Waals surface area contributed by atoms with Crippen molar-refractivity contribution in [2.75, 3.05) is 6.54 Å². The zero-order valence-electron chi connectivity index (χ0n) is 19.0. The molecule has 33 heavy (non-hydrogen) atoms. The molecule has 1 aliphatic rings. The summed E-state index contributed by atoms with van der Waals surface area (Å²) < 4.78 is 7.40. The normalized spacial score (nSPS) is 16.1. The van der Waals surface area contributed by atoms with E-state index in [9.17, 15) is 9.59 Å². The number of aryl methyl sites for hydroxylation is 2. The Labute approximate surface area is 193 Å². The fraction of sp³-hybridized carbons (Fsp3) is 0.360. The van der Waals surface area contributed by atoms with E-state index in [0.29, 0.717) is 31.8 Å². The third kappa shape index (κ3) is 5.58. The van der Waals surface area contributed by atoms with Crippen LogP contribution in [-0.2, 0) is 25.0 Å². The van der Waals surface area contributed by atoms with Gasteiger partial charge in [-0.05, 0) is 62.1 Å². The third-order valence-corrected chi connectivity index (χ3v) is 5.75. The molecule has 1 aromatic carbocycles. The fourth-order valence-electron chi connectivity index (χ4n) is 4.03. The second-order valence-electron chi connectivity index (χ2n) is 8.28. The summed E-state index contributed by atoms with van der Waals surface area (Å²) in [6.45, 7) is 3.20. The number of hydrogen-bond donors (Lipinski definition) is 1.